The van der Waals surface area contributed by atoms with Gasteiger partial charge in [0, 0.05) is 38.9 Å². The van der Waals surface area contributed by atoms with Crippen molar-refractivity contribution >= 4 is 35.6 Å². The van der Waals surface area contributed by atoms with Crippen molar-refractivity contribution in [3.8, 4) is 11.5 Å². The van der Waals surface area contributed by atoms with Crippen LogP contribution in [0.1, 0.15) is 17.7 Å². The van der Waals surface area contributed by atoms with Gasteiger partial charge in [-0.2, -0.15) is 0 Å². The van der Waals surface area contributed by atoms with Crippen LogP contribution in [0.3, 0.4) is 0 Å². The molecule has 3 aromatic rings. The van der Waals surface area contributed by atoms with Crippen molar-refractivity contribution in [2.24, 2.45) is 4.99 Å². The van der Waals surface area contributed by atoms with Crippen molar-refractivity contribution in [1.29, 1.82) is 0 Å². The van der Waals surface area contributed by atoms with Crippen molar-refractivity contribution < 1.29 is 4.42 Å². The average molecular weight is 519 g/mol. The molecule has 3 rings (SSSR count). The third-order valence-electron chi connectivity index (χ3n) is 4.62. The van der Waals surface area contributed by atoms with E-state index in [1.54, 1.807) is 13.3 Å². The summed E-state index contributed by atoms with van der Waals surface area (Å²) in [5.41, 5.74) is 4.38. The number of guanidine groups is 1. The monoisotopic (exact) mass is 519 g/mol. The molecule has 2 N–H and O–H groups in total. The highest BCUT2D eigenvalue weighted by Crippen LogP contribution is 2.17. The number of nitrogens with one attached hydrogen (secondary N) is 2. The number of aryl methyl sites for hydroxylation is 1. The Morgan fingerprint density at radius 3 is 2.43 bits per heavy atom. The number of anilines is 1. The first-order valence-electron chi connectivity index (χ1n) is 9.86. The maximum atomic E-state index is 5.57. The first-order valence-corrected chi connectivity index (χ1v) is 9.86. The minimum atomic E-state index is 0. The molecule has 0 radical (unpaired) electrons. The first-order chi connectivity index (χ1) is 14.2. The van der Waals surface area contributed by atoms with Gasteiger partial charge in [-0.3, -0.25) is 4.99 Å². The van der Waals surface area contributed by atoms with Crippen LogP contribution in [-0.2, 0) is 13.0 Å². The van der Waals surface area contributed by atoms with Gasteiger partial charge in [0.05, 0.1) is 12.2 Å². The number of halogens is 1. The Kier molecular flexibility index (Phi) is 9.66. The maximum absolute atomic E-state index is 5.57. The second kappa shape index (κ2) is 12.2. The van der Waals surface area contributed by atoms with Crippen LogP contribution in [0.2, 0.25) is 0 Å². The summed E-state index contributed by atoms with van der Waals surface area (Å²) in [6.45, 7) is 1.41. The van der Waals surface area contributed by atoms with Gasteiger partial charge in [-0.05, 0) is 42.7 Å². The molecule has 0 saturated heterocycles. The van der Waals surface area contributed by atoms with E-state index in [2.05, 4.69) is 63.9 Å². The topological polar surface area (TPSA) is 65.7 Å². The fraction of sp³-hybridized carbons (Fsp3) is 0.304. The van der Waals surface area contributed by atoms with Crippen LogP contribution in [0.15, 0.2) is 70.3 Å². The van der Waals surface area contributed by atoms with Crippen LogP contribution in [0, 0.1) is 0 Å². The van der Waals surface area contributed by atoms with Gasteiger partial charge in [0.25, 0.3) is 0 Å². The van der Waals surface area contributed by atoms with Gasteiger partial charge in [0.15, 0.2) is 5.96 Å². The van der Waals surface area contributed by atoms with E-state index in [-0.39, 0.29) is 24.0 Å². The summed E-state index contributed by atoms with van der Waals surface area (Å²) in [5.74, 6) is 1.39. The third kappa shape index (κ3) is 7.05. The SMILES string of the molecule is CN=C(NCCCc1ccc(N(C)C)cc1)NCc1coc(-c2ccccc2)n1.I. The van der Waals surface area contributed by atoms with E-state index in [0.29, 0.717) is 12.4 Å². The highest BCUT2D eigenvalue weighted by molar-refractivity contribution is 14.0. The van der Waals surface area contributed by atoms with E-state index in [0.717, 1.165) is 36.6 Å². The van der Waals surface area contributed by atoms with Crippen molar-refractivity contribution in [3.05, 3.63) is 72.1 Å². The number of hydrogen-bond acceptors (Lipinski definition) is 4. The molecule has 0 unspecified atom stereocenters. The molecule has 0 atom stereocenters. The molecule has 0 fully saturated rings. The lowest BCUT2D eigenvalue weighted by Crippen LogP contribution is -2.37. The molecule has 0 saturated carbocycles. The number of aromatic nitrogens is 1. The van der Waals surface area contributed by atoms with Crippen molar-refractivity contribution in [3.63, 3.8) is 0 Å². The lowest BCUT2D eigenvalue weighted by atomic mass is 10.1. The number of aliphatic imine (C=N–C) groups is 1. The van der Waals surface area contributed by atoms with E-state index in [9.17, 15) is 0 Å². The molecule has 0 bridgehead atoms. The number of oxazole rings is 1. The van der Waals surface area contributed by atoms with Gasteiger partial charge in [0.2, 0.25) is 5.89 Å². The molecule has 0 aliphatic rings. The van der Waals surface area contributed by atoms with Gasteiger partial charge in [-0.25, -0.2) is 4.98 Å². The van der Waals surface area contributed by atoms with Crippen LogP contribution in [0.5, 0.6) is 0 Å². The maximum Gasteiger partial charge on any atom is 0.226 e. The van der Waals surface area contributed by atoms with E-state index < -0.39 is 0 Å². The van der Waals surface area contributed by atoms with Crippen LogP contribution < -0.4 is 15.5 Å². The summed E-state index contributed by atoms with van der Waals surface area (Å²) in [4.78, 5) is 10.9. The first kappa shape index (κ1) is 23.7. The second-order valence-electron chi connectivity index (χ2n) is 7.03. The lowest BCUT2D eigenvalue weighted by Gasteiger charge is -2.13. The van der Waals surface area contributed by atoms with Crippen molar-refractivity contribution in [2.75, 3.05) is 32.6 Å². The summed E-state index contributed by atoms with van der Waals surface area (Å²) < 4.78 is 5.57. The molecule has 0 aliphatic carbocycles. The molecule has 6 nitrogen and oxygen atoms in total. The molecule has 0 spiro atoms. The highest BCUT2D eigenvalue weighted by atomic mass is 127. The Bertz CT molecular complexity index is 907. The fourth-order valence-corrected chi connectivity index (χ4v) is 2.96. The molecule has 0 amide bonds. The predicted molar refractivity (Wildman–Crippen MR) is 135 cm³/mol. The Hall–Kier alpha value is -2.55. The molecule has 0 aliphatic heterocycles. The molecule has 30 heavy (non-hydrogen) atoms. The molecule has 1 heterocycles. The zero-order valence-electron chi connectivity index (χ0n) is 17.8. The molecule has 1 aromatic heterocycles. The number of hydrogen-bond donors (Lipinski definition) is 2. The van der Waals surface area contributed by atoms with Crippen LogP contribution in [0.4, 0.5) is 5.69 Å². The minimum absolute atomic E-state index is 0. The summed E-state index contributed by atoms with van der Waals surface area (Å²) >= 11 is 0. The second-order valence-corrected chi connectivity index (χ2v) is 7.03. The molecular formula is C23H30IN5O. The minimum Gasteiger partial charge on any atom is -0.444 e. The predicted octanol–water partition coefficient (Wildman–Crippen LogP) is 4.32. The van der Waals surface area contributed by atoms with E-state index >= 15 is 0 Å². The van der Waals surface area contributed by atoms with Crippen LogP contribution in [-0.4, -0.2) is 38.6 Å². The quantitative estimate of drug-likeness (QED) is 0.201. The smallest absolute Gasteiger partial charge is 0.226 e. The molecular weight excluding hydrogens is 489 g/mol. The van der Waals surface area contributed by atoms with Gasteiger partial charge in [0.1, 0.15) is 6.26 Å². The number of nitrogens with zero attached hydrogens (tertiary/aromatic N) is 3. The normalized spacial score (nSPS) is 11.0. The largest absolute Gasteiger partial charge is 0.444 e. The summed E-state index contributed by atoms with van der Waals surface area (Å²) in [7, 11) is 5.88. The Morgan fingerprint density at radius 1 is 1.03 bits per heavy atom. The van der Waals surface area contributed by atoms with E-state index in [1.165, 1.54) is 11.3 Å². The fourth-order valence-electron chi connectivity index (χ4n) is 2.96. The Labute approximate surface area is 195 Å². The van der Waals surface area contributed by atoms with E-state index in [1.807, 2.05) is 30.3 Å². The Balaban J connectivity index is 0.00000320. The van der Waals surface area contributed by atoms with Crippen molar-refractivity contribution in [1.82, 2.24) is 15.6 Å². The molecule has 160 valence electrons. The molecule has 2 aromatic carbocycles. The zero-order chi connectivity index (χ0) is 20.5. The third-order valence-corrected chi connectivity index (χ3v) is 4.62. The van der Waals surface area contributed by atoms with Gasteiger partial charge in [-0.15, -0.1) is 24.0 Å². The number of benzene rings is 2. The van der Waals surface area contributed by atoms with Gasteiger partial charge in [-0.1, -0.05) is 30.3 Å². The van der Waals surface area contributed by atoms with Gasteiger partial charge >= 0.3 is 0 Å². The lowest BCUT2D eigenvalue weighted by molar-refractivity contribution is 0.572. The van der Waals surface area contributed by atoms with Gasteiger partial charge < -0.3 is 20.0 Å². The summed E-state index contributed by atoms with van der Waals surface area (Å²) in [6, 6.07) is 18.6. The average Bonchev–Trinajstić information content (AvgIpc) is 3.23. The molecule has 7 heteroatoms. The van der Waals surface area contributed by atoms with E-state index in [4.69, 9.17) is 4.42 Å². The highest BCUT2D eigenvalue weighted by Gasteiger charge is 2.07. The number of rotatable bonds is 8. The summed E-state index contributed by atoms with van der Waals surface area (Å²) in [6.07, 6.45) is 3.74. The Morgan fingerprint density at radius 2 is 1.77 bits per heavy atom. The van der Waals surface area contributed by atoms with Crippen LogP contribution >= 0.6 is 24.0 Å². The standard InChI is InChI=1S/C23H29N5O.HI/c1-24-23(25-15-7-8-18-11-13-21(14-12-18)28(2)3)26-16-20-17-29-22(27-20)19-9-5-4-6-10-19;/h4-6,9-14,17H,7-8,15-16H2,1-3H3,(H2,24,25,26);1H. The van der Waals surface area contributed by atoms with Crippen molar-refractivity contribution in [2.45, 2.75) is 19.4 Å². The zero-order valence-corrected chi connectivity index (χ0v) is 20.1. The van der Waals surface area contributed by atoms with Crippen LogP contribution in [0.25, 0.3) is 11.5 Å². The summed E-state index contributed by atoms with van der Waals surface area (Å²) in [5, 5.41) is 6.63.